The maximum atomic E-state index is 14.9. The molecule has 50 heavy (non-hydrogen) atoms. The summed E-state index contributed by atoms with van der Waals surface area (Å²) in [6.07, 6.45) is 4.17. The van der Waals surface area contributed by atoms with Crippen molar-refractivity contribution < 1.29 is 50.4 Å². The molecule has 10 heteroatoms. The fourth-order valence-corrected chi connectivity index (χ4v) is 8.44. The Hall–Kier alpha value is -5.90. The van der Waals surface area contributed by atoms with Gasteiger partial charge in [0.25, 0.3) is 0 Å². The third kappa shape index (κ3) is 5.28. The molecule has 0 unspecified atom stereocenters. The molecule has 0 aliphatic heterocycles. The Morgan fingerprint density at radius 2 is 0.820 bits per heavy atom. The fourth-order valence-electron chi connectivity index (χ4n) is 8.44. The van der Waals surface area contributed by atoms with Gasteiger partial charge in [-0.2, -0.15) is 0 Å². The third-order valence-corrected chi connectivity index (χ3v) is 10.6. The van der Waals surface area contributed by atoms with Crippen LogP contribution in [0.2, 0.25) is 0 Å². The van der Waals surface area contributed by atoms with Gasteiger partial charge in [-0.1, -0.05) is 35.4 Å². The van der Waals surface area contributed by atoms with Crippen LogP contribution in [0.4, 0.5) is 0 Å². The van der Waals surface area contributed by atoms with Crippen molar-refractivity contribution in [2.24, 2.45) is 11.8 Å². The molecule has 8 N–H and O–H groups in total. The summed E-state index contributed by atoms with van der Waals surface area (Å²) in [4.78, 5) is 29.8. The van der Waals surface area contributed by atoms with Gasteiger partial charge in [-0.3, -0.25) is 9.59 Å². The Bertz CT molecular complexity index is 2010. The molecule has 0 radical (unpaired) electrons. The van der Waals surface area contributed by atoms with Crippen LogP contribution >= 0.6 is 0 Å². The van der Waals surface area contributed by atoms with E-state index in [0.717, 1.165) is 23.3 Å². The Morgan fingerprint density at radius 1 is 0.460 bits per heavy atom. The number of hydrogen-bond donors (Lipinski definition) is 8. The number of hydrogen-bond acceptors (Lipinski definition) is 10. The number of rotatable bonds is 2. The molecule has 0 heterocycles. The van der Waals surface area contributed by atoms with Gasteiger partial charge in [-0.15, -0.1) is 0 Å². The summed E-state index contributed by atoms with van der Waals surface area (Å²) in [5.74, 6) is -9.18. The summed E-state index contributed by atoms with van der Waals surface area (Å²) in [6, 6.07) is 13.0. The third-order valence-electron chi connectivity index (χ3n) is 10.6. The zero-order valence-corrected chi connectivity index (χ0v) is 27.2. The van der Waals surface area contributed by atoms with Crippen LogP contribution < -0.4 is 0 Å². The largest absolute Gasteiger partial charge is 0.508 e. The van der Waals surface area contributed by atoms with E-state index in [-0.39, 0.29) is 56.8 Å². The maximum absolute atomic E-state index is 14.9. The predicted molar refractivity (Wildman–Crippen MR) is 182 cm³/mol. The second kappa shape index (κ2) is 11.9. The zero-order chi connectivity index (χ0) is 35.8. The van der Waals surface area contributed by atoms with Crippen LogP contribution in [-0.2, 0) is 0 Å². The van der Waals surface area contributed by atoms with Crippen LogP contribution in [0, 0.1) is 11.8 Å². The SMILES string of the molecule is CC1=C[C@H]2c3cc(c(O)cc3O)C(=O)[C@H]3[C@@H](C=C(C)C[C@H]3c3ccc(O)cc3O)c3cc(c(O)cc3O)C(=O)[C@H]2[C@H](c2ccc(O)cc2O)C1. The smallest absolute Gasteiger partial charge is 0.171 e. The van der Waals surface area contributed by atoms with Gasteiger partial charge in [-0.25, -0.2) is 0 Å². The molecule has 4 aromatic rings. The number of aromatic hydroxyl groups is 8. The van der Waals surface area contributed by atoms with E-state index >= 15 is 0 Å². The van der Waals surface area contributed by atoms with Crippen molar-refractivity contribution >= 4 is 11.6 Å². The molecule has 3 aliphatic rings. The summed E-state index contributed by atoms with van der Waals surface area (Å²) in [7, 11) is 0. The first-order chi connectivity index (χ1) is 23.7. The number of phenols is 8. The van der Waals surface area contributed by atoms with Crippen LogP contribution in [0.25, 0.3) is 0 Å². The van der Waals surface area contributed by atoms with E-state index in [2.05, 4.69) is 0 Å². The molecule has 256 valence electrons. The van der Waals surface area contributed by atoms with Gasteiger partial charge in [0.2, 0.25) is 0 Å². The van der Waals surface area contributed by atoms with E-state index in [4.69, 9.17) is 0 Å². The Kier molecular flexibility index (Phi) is 7.77. The van der Waals surface area contributed by atoms with E-state index in [1.54, 1.807) is 12.2 Å². The van der Waals surface area contributed by atoms with Gasteiger partial charge in [0, 0.05) is 70.9 Å². The Balaban J connectivity index is 1.53. The lowest BCUT2D eigenvalue weighted by Crippen LogP contribution is -2.34. The van der Waals surface area contributed by atoms with Crippen molar-refractivity contribution in [1.82, 2.24) is 0 Å². The molecular weight excluding hydrogens is 640 g/mol. The van der Waals surface area contributed by atoms with Crippen LogP contribution in [-0.4, -0.2) is 52.4 Å². The predicted octanol–water partition coefficient (Wildman–Crippen LogP) is 7.08. The number of carbonyl (C=O) groups is 2. The minimum absolute atomic E-state index is 0.144. The number of fused-ring (bicyclic) bond motifs is 8. The van der Waals surface area contributed by atoms with Gasteiger partial charge in [-0.05, 0) is 62.1 Å². The highest BCUT2D eigenvalue weighted by atomic mass is 16.3. The molecule has 6 atom stereocenters. The van der Waals surface area contributed by atoms with Crippen molar-refractivity contribution in [3.05, 3.63) is 117 Å². The van der Waals surface area contributed by atoms with Crippen LogP contribution in [0.1, 0.15) is 93.3 Å². The molecule has 3 aliphatic carbocycles. The topological polar surface area (TPSA) is 196 Å². The molecule has 0 saturated heterocycles. The quantitative estimate of drug-likeness (QED) is 0.102. The lowest BCUT2D eigenvalue weighted by molar-refractivity contribution is 0.0876. The number of Topliss-reactive ketones (excluding diaryl/α,β-unsaturated/α-hetero) is 2. The van der Waals surface area contributed by atoms with Gasteiger partial charge < -0.3 is 40.9 Å². The standard InChI is InChI=1S/C40H36O10/c1-17-7-25(21-5-3-19(41)11-31(21)43)37-27(9-17)23-13-29(35(47)15-33(23)45)40(50)38-26(22-6-4-20(42)12-32(22)44)8-18(2)10-28(38)24-14-30(39(37)49)36(48)16-34(24)46/h3-6,9-16,25-28,37-38,41-48H,7-8H2,1-2H3/t25-,26-,27-,28-,37-,38+/m0/s1. The molecule has 0 fully saturated rings. The van der Waals surface area contributed by atoms with E-state index in [0.29, 0.717) is 24.0 Å². The second-order valence-corrected chi connectivity index (χ2v) is 13.8. The number of benzene rings is 4. The minimum atomic E-state index is -1.07. The lowest BCUT2D eigenvalue weighted by Gasteiger charge is -2.39. The van der Waals surface area contributed by atoms with Crippen molar-refractivity contribution in [3.63, 3.8) is 0 Å². The summed E-state index contributed by atoms with van der Waals surface area (Å²) in [5, 5.41) is 87.2. The maximum Gasteiger partial charge on any atom is 0.171 e. The first-order valence-corrected chi connectivity index (χ1v) is 16.3. The number of carbonyl (C=O) groups excluding carboxylic acids is 2. The molecule has 0 aromatic heterocycles. The molecule has 7 rings (SSSR count). The molecule has 4 bridgehead atoms. The molecular formula is C40H36O10. The average molecular weight is 677 g/mol. The molecule has 10 nitrogen and oxygen atoms in total. The molecule has 0 amide bonds. The summed E-state index contributed by atoms with van der Waals surface area (Å²) in [6.45, 7) is 3.66. The minimum Gasteiger partial charge on any atom is -0.508 e. The highest BCUT2D eigenvalue weighted by molar-refractivity contribution is 6.04. The molecule has 0 saturated carbocycles. The second-order valence-electron chi connectivity index (χ2n) is 13.8. The highest BCUT2D eigenvalue weighted by Crippen LogP contribution is 2.55. The van der Waals surface area contributed by atoms with Gasteiger partial charge in [0.05, 0.1) is 11.1 Å². The van der Waals surface area contributed by atoms with E-state index in [1.165, 1.54) is 48.5 Å². The summed E-state index contributed by atoms with van der Waals surface area (Å²) >= 11 is 0. The lowest BCUT2D eigenvalue weighted by atomic mass is 9.63. The fraction of sp³-hybridized carbons (Fsp3) is 0.250. The van der Waals surface area contributed by atoms with E-state index < -0.39 is 58.6 Å². The van der Waals surface area contributed by atoms with Gasteiger partial charge in [0.15, 0.2) is 11.6 Å². The Morgan fingerprint density at radius 3 is 1.18 bits per heavy atom. The monoisotopic (exact) mass is 676 g/mol. The average Bonchev–Trinajstić information content (AvgIpc) is 3.03. The number of allylic oxidation sites excluding steroid dienone is 4. The normalized spacial score (nSPS) is 24.6. The van der Waals surface area contributed by atoms with Crippen LogP contribution in [0.5, 0.6) is 46.0 Å². The van der Waals surface area contributed by atoms with Crippen molar-refractivity contribution in [2.45, 2.75) is 50.4 Å². The van der Waals surface area contributed by atoms with Crippen molar-refractivity contribution in [3.8, 4) is 46.0 Å². The Labute approximate surface area is 287 Å². The zero-order valence-electron chi connectivity index (χ0n) is 27.2. The summed E-state index contributed by atoms with van der Waals surface area (Å²) < 4.78 is 0. The first kappa shape index (κ1) is 32.6. The van der Waals surface area contributed by atoms with E-state index in [9.17, 15) is 50.4 Å². The highest BCUT2D eigenvalue weighted by Gasteiger charge is 2.46. The van der Waals surface area contributed by atoms with Crippen LogP contribution in [0.3, 0.4) is 0 Å². The first-order valence-electron chi connectivity index (χ1n) is 16.3. The number of phenolic OH excluding ortho intramolecular Hbond substituents is 8. The van der Waals surface area contributed by atoms with E-state index in [1.807, 2.05) is 13.8 Å². The van der Waals surface area contributed by atoms with Crippen molar-refractivity contribution in [1.29, 1.82) is 0 Å². The molecule has 4 aromatic carbocycles. The summed E-state index contributed by atoms with van der Waals surface area (Å²) in [5.41, 5.74) is 2.33. The van der Waals surface area contributed by atoms with Crippen LogP contribution in [0.15, 0.2) is 84.0 Å². The number of ketones is 2. The van der Waals surface area contributed by atoms with Crippen molar-refractivity contribution in [2.75, 3.05) is 0 Å². The molecule has 0 spiro atoms. The van der Waals surface area contributed by atoms with Gasteiger partial charge in [0.1, 0.15) is 46.0 Å². The van der Waals surface area contributed by atoms with Gasteiger partial charge >= 0.3 is 0 Å².